The molecule has 1 radical (unpaired) electrons. The molecule has 0 atom stereocenters. The van der Waals surface area contributed by atoms with Gasteiger partial charge in [-0.3, -0.25) is 0 Å². The molecule has 2 aromatic rings. The van der Waals surface area contributed by atoms with E-state index < -0.39 is 0 Å². The maximum Gasteiger partial charge on any atom is 0.137 e. The van der Waals surface area contributed by atoms with Crippen LogP contribution in [0.25, 0.3) is 5.65 Å². The van der Waals surface area contributed by atoms with Crippen LogP contribution < -0.4 is 0 Å². The molecule has 0 spiro atoms. The highest BCUT2D eigenvalue weighted by Crippen LogP contribution is 2.02. The summed E-state index contributed by atoms with van der Waals surface area (Å²) in [5.74, 6) is 0. The van der Waals surface area contributed by atoms with Crippen LogP contribution in [-0.4, -0.2) is 9.38 Å². The van der Waals surface area contributed by atoms with Crippen LogP contribution in [0.4, 0.5) is 0 Å². The molecule has 0 amide bonds. The third kappa shape index (κ3) is 0.849. The van der Waals surface area contributed by atoms with Crippen molar-refractivity contribution >= 4 is 5.65 Å². The second kappa shape index (κ2) is 2.10. The lowest BCUT2D eigenvalue weighted by Gasteiger charge is -1.91. The molecule has 0 aliphatic carbocycles. The first kappa shape index (κ1) is 5.93. The van der Waals surface area contributed by atoms with Gasteiger partial charge in [0.1, 0.15) is 17.9 Å². The van der Waals surface area contributed by atoms with Crippen LogP contribution in [0, 0.1) is 17.5 Å². The lowest BCUT2D eigenvalue weighted by Crippen LogP contribution is -1.83. The largest absolute Gasteiger partial charge is 0.305 e. The Bertz CT molecular complexity index is 422. The minimum atomic E-state index is 0.629. The number of pyridine rings is 1. The maximum absolute atomic E-state index is 8.54. The summed E-state index contributed by atoms with van der Waals surface area (Å²) in [5, 5.41) is 8.54. The van der Waals surface area contributed by atoms with Crippen LogP contribution in [0.2, 0.25) is 0 Å². The fourth-order valence-electron chi connectivity index (χ4n) is 0.931. The summed E-state index contributed by atoms with van der Waals surface area (Å²) in [6.45, 7) is 0. The highest BCUT2D eigenvalue weighted by Gasteiger charge is 1.93. The molecule has 0 fully saturated rings. The monoisotopic (exact) mass is 142 g/mol. The molecule has 51 valence electrons. The van der Waals surface area contributed by atoms with Crippen LogP contribution in [0.3, 0.4) is 0 Å². The summed E-state index contributed by atoms with van der Waals surface area (Å²) in [7, 11) is 0. The van der Waals surface area contributed by atoms with Crippen molar-refractivity contribution in [2.45, 2.75) is 0 Å². The van der Waals surface area contributed by atoms with Crippen molar-refractivity contribution in [3.05, 3.63) is 36.3 Å². The van der Waals surface area contributed by atoms with Gasteiger partial charge in [-0.2, -0.15) is 5.26 Å². The van der Waals surface area contributed by atoms with Crippen molar-refractivity contribution in [3.8, 4) is 6.07 Å². The lowest BCUT2D eigenvalue weighted by atomic mass is 10.3. The van der Waals surface area contributed by atoms with Crippen molar-refractivity contribution < 1.29 is 0 Å². The Morgan fingerprint density at radius 3 is 3.27 bits per heavy atom. The number of fused-ring (bicyclic) bond motifs is 1. The normalized spacial score (nSPS) is 9.73. The van der Waals surface area contributed by atoms with E-state index in [1.807, 2.05) is 6.07 Å². The van der Waals surface area contributed by atoms with Crippen LogP contribution in [0.5, 0.6) is 0 Å². The third-order valence-corrected chi connectivity index (χ3v) is 1.46. The van der Waals surface area contributed by atoms with Gasteiger partial charge in [-0.15, -0.1) is 0 Å². The molecule has 3 nitrogen and oxygen atoms in total. The number of nitrogens with zero attached hydrogens (tertiary/aromatic N) is 3. The number of hydrogen-bond donors (Lipinski definition) is 0. The number of imidazole rings is 1. The molecule has 0 aromatic carbocycles. The highest BCUT2D eigenvalue weighted by atomic mass is 15.0. The average Bonchev–Trinajstić information content (AvgIpc) is 2.50. The first-order valence-electron chi connectivity index (χ1n) is 3.15. The molecule has 0 unspecified atom stereocenters. The summed E-state index contributed by atoms with van der Waals surface area (Å²) in [6.07, 6.45) is 6.10. The quantitative estimate of drug-likeness (QED) is 0.550. The third-order valence-electron chi connectivity index (χ3n) is 1.46. The summed E-state index contributed by atoms with van der Waals surface area (Å²) < 4.78 is 1.76. The van der Waals surface area contributed by atoms with E-state index in [9.17, 15) is 0 Å². The van der Waals surface area contributed by atoms with E-state index in [0.717, 1.165) is 5.65 Å². The second-order valence-corrected chi connectivity index (χ2v) is 2.17. The number of nitriles is 1. The zero-order valence-corrected chi connectivity index (χ0v) is 5.65. The van der Waals surface area contributed by atoms with E-state index in [0.29, 0.717) is 5.56 Å². The van der Waals surface area contributed by atoms with E-state index in [1.165, 1.54) is 0 Å². The van der Waals surface area contributed by atoms with Crippen molar-refractivity contribution in [2.75, 3.05) is 0 Å². The topological polar surface area (TPSA) is 41.1 Å². The Balaban J connectivity index is 2.79. The first-order valence-corrected chi connectivity index (χ1v) is 3.15. The zero-order valence-electron chi connectivity index (χ0n) is 5.65. The Hall–Kier alpha value is -1.82. The Morgan fingerprint density at radius 1 is 1.55 bits per heavy atom. The van der Waals surface area contributed by atoms with Gasteiger partial charge in [0.05, 0.1) is 5.56 Å². The molecule has 0 bridgehead atoms. The van der Waals surface area contributed by atoms with Crippen LogP contribution >= 0.6 is 0 Å². The second-order valence-electron chi connectivity index (χ2n) is 2.17. The molecule has 0 saturated carbocycles. The van der Waals surface area contributed by atoms with E-state index in [4.69, 9.17) is 5.26 Å². The summed E-state index contributed by atoms with van der Waals surface area (Å²) >= 11 is 0. The molecule has 2 heterocycles. The predicted octanol–water partition coefficient (Wildman–Crippen LogP) is 1.01. The number of aromatic nitrogens is 2. The van der Waals surface area contributed by atoms with Crippen molar-refractivity contribution in [3.63, 3.8) is 0 Å². The Morgan fingerprint density at radius 2 is 2.45 bits per heavy atom. The molecule has 0 saturated heterocycles. The standard InChI is InChI=1S/C8H4N3/c9-5-7-1-2-8-10-3-4-11(8)6-7/h1-2,4,6H. The first-order chi connectivity index (χ1) is 5.40. The zero-order chi connectivity index (χ0) is 7.68. The molecular weight excluding hydrogens is 138 g/mol. The van der Waals surface area contributed by atoms with Gasteiger partial charge in [0.2, 0.25) is 0 Å². The summed E-state index contributed by atoms with van der Waals surface area (Å²) in [5.41, 5.74) is 1.44. The molecule has 0 aliphatic heterocycles. The van der Waals surface area contributed by atoms with Gasteiger partial charge in [-0.25, -0.2) is 4.98 Å². The molecule has 0 N–H and O–H groups in total. The summed E-state index contributed by atoms with van der Waals surface area (Å²) in [4.78, 5) is 3.92. The smallest absolute Gasteiger partial charge is 0.137 e. The van der Waals surface area contributed by atoms with Crippen molar-refractivity contribution in [1.82, 2.24) is 9.38 Å². The highest BCUT2D eigenvalue weighted by molar-refractivity contribution is 5.42. The van der Waals surface area contributed by atoms with Gasteiger partial charge in [0.25, 0.3) is 0 Å². The van der Waals surface area contributed by atoms with Gasteiger partial charge in [0.15, 0.2) is 0 Å². The molecule has 2 aromatic heterocycles. The fraction of sp³-hybridized carbons (Fsp3) is 0. The van der Waals surface area contributed by atoms with Gasteiger partial charge in [-0.1, -0.05) is 0 Å². The van der Waals surface area contributed by atoms with Crippen molar-refractivity contribution in [2.24, 2.45) is 0 Å². The van der Waals surface area contributed by atoms with E-state index >= 15 is 0 Å². The molecular formula is C8H4N3. The van der Waals surface area contributed by atoms with E-state index in [-0.39, 0.29) is 0 Å². The van der Waals surface area contributed by atoms with Gasteiger partial charge < -0.3 is 4.40 Å². The minimum absolute atomic E-state index is 0.629. The fourth-order valence-corrected chi connectivity index (χ4v) is 0.931. The lowest BCUT2D eigenvalue weighted by molar-refractivity contribution is 1.17. The van der Waals surface area contributed by atoms with E-state index in [1.54, 1.807) is 28.9 Å². The average molecular weight is 142 g/mol. The molecule has 2 rings (SSSR count). The van der Waals surface area contributed by atoms with Gasteiger partial charge in [0, 0.05) is 12.4 Å². The van der Waals surface area contributed by atoms with Crippen LogP contribution in [0.15, 0.2) is 24.5 Å². The van der Waals surface area contributed by atoms with Gasteiger partial charge in [-0.05, 0) is 12.1 Å². The Kier molecular flexibility index (Phi) is 1.13. The predicted molar refractivity (Wildman–Crippen MR) is 38.7 cm³/mol. The molecule has 11 heavy (non-hydrogen) atoms. The SMILES string of the molecule is N#Cc1ccc2n[c]cn2c1. The van der Waals surface area contributed by atoms with Crippen LogP contribution in [0.1, 0.15) is 5.56 Å². The number of rotatable bonds is 0. The Labute approximate surface area is 63.5 Å². The molecule has 3 heteroatoms. The summed E-state index contributed by atoms with van der Waals surface area (Å²) in [6, 6.07) is 5.57. The van der Waals surface area contributed by atoms with Crippen LogP contribution in [-0.2, 0) is 0 Å². The molecule has 0 aliphatic rings. The number of hydrogen-bond acceptors (Lipinski definition) is 2. The van der Waals surface area contributed by atoms with Gasteiger partial charge >= 0.3 is 0 Å². The maximum atomic E-state index is 8.54. The van der Waals surface area contributed by atoms with Crippen molar-refractivity contribution in [1.29, 1.82) is 5.26 Å². The van der Waals surface area contributed by atoms with E-state index in [2.05, 4.69) is 11.2 Å². The minimum Gasteiger partial charge on any atom is -0.305 e.